The molecule has 3 fully saturated rings. The molecule has 3 saturated carbocycles. The fourth-order valence-corrected chi connectivity index (χ4v) is 10.0. The van der Waals surface area contributed by atoms with Gasteiger partial charge in [-0.3, -0.25) is 0 Å². The van der Waals surface area contributed by atoms with E-state index in [1.165, 1.54) is 43.2 Å². The van der Waals surface area contributed by atoms with Crippen LogP contribution in [0, 0.1) is 52.8 Å². The van der Waals surface area contributed by atoms with Crippen LogP contribution >= 0.6 is 0 Å². The van der Waals surface area contributed by atoms with Gasteiger partial charge in [0.2, 0.25) is 0 Å². The quantitative estimate of drug-likeness (QED) is 0.469. The van der Waals surface area contributed by atoms with Gasteiger partial charge in [-0.15, -0.1) is 0 Å². The van der Waals surface area contributed by atoms with Crippen molar-refractivity contribution in [2.45, 2.75) is 99.0 Å². The lowest BCUT2D eigenvalue weighted by molar-refractivity contribution is -0.0626. The van der Waals surface area contributed by atoms with Gasteiger partial charge >= 0.3 is 0 Å². The molecule has 0 radical (unpaired) electrons. The molecule has 0 heterocycles. The average Bonchev–Trinajstić information content (AvgIpc) is 2.99. The Morgan fingerprint density at radius 1 is 0.938 bits per heavy atom. The first kappa shape index (κ1) is 22.7. The summed E-state index contributed by atoms with van der Waals surface area (Å²) in [6, 6.07) is 9.36. The van der Waals surface area contributed by atoms with Gasteiger partial charge in [0.15, 0.2) is 0 Å². The third-order valence-corrected chi connectivity index (χ3v) is 11.3. The highest BCUT2D eigenvalue weighted by Crippen LogP contribution is 2.70. The van der Waals surface area contributed by atoms with Crippen molar-refractivity contribution in [2.24, 2.45) is 45.8 Å². The molecule has 0 amide bonds. The van der Waals surface area contributed by atoms with Crippen LogP contribution < -0.4 is 0 Å². The number of rotatable bonds is 2. The third kappa shape index (κ3) is 3.05. The zero-order chi connectivity index (χ0) is 23.1. The van der Waals surface area contributed by atoms with Gasteiger partial charge in [-0.1, -0.05) is 83.0 Å². The Morgan fingerprint density at radius 2 is 1.62 bits per heavy atom. The van der Waals surface area contributed by atoms with Crippen molar-refractivity contribution < 1.29 is 5.11 Å². The lowest BCUT2D eigenvalue weighted by atomic mass is 9.43. The van der Waals surface area contributed by atoms with E-state index >= 15 is 0 Å². The predicted octanol–water partition coefficient (Wildman–Crippen LogP) is 7.92. The molecule has 176 valence electrons. The minimum atomic E-state index is -0.101. The largest absolute Gasteiger partial charge is 0.393 e. The van der Waals surface area contributed by atoms with Crippen LogP contribution in [0.3, 0.4) is 0 Å². The number of aryl methyl sites for hydroxylation is 1. The molecule has 0 aliphatic heterocycles. The molecule has 0 spiro atoms. The standard InChI is InChI=1S/C31H46O/c1-19(2)28-26(32)18-25-22-12-13-27-29(4,5)23(21-10-8-20(3)9-11-21)14-16-30(27,6)24(22)15-17-31(25,28)7/h8-11,13,19,22-26,28,32H,12,14-18H2,1-7H3/t22-,23?,24+,25+,26+,28+,30-,31+/m1/s1. The van der Waals surface area contributed by atoms with Crippen LogP contribution in [0.25, 0.3) is 0 Å². The van der Waals surface area contributed by atoms with Crippen LogP contribution in [0.1, 0.15) is 97.1 Å². The first-order chi connectivity index (χ1) is 15.0. The molecule has 0 bridgehead atoms. The van der Waals surface area contributed by atoms with Crippen LogP contribution in [0.15, 0.2) is 35.9 Å². The number of hydrogen-bond donors (Lipinski definition) is 1. The molecule has 1 aromatic carbocycles. The minimum absolute atomic E-state index is 0.101. The van der Waals surface area contributed by atoms with Gasteiger partial charge in [0.25, 0.3) is 0 Å². The molecule has 5 rings (SSSR count). The normalized spacial score (nSPS) is 45.1. The Balaban J connectivity index is 1.49. The highest BCUT2D eigenvalue weighted by Gasteiger charge is 2.62. The molecule has 1 unspecified atom stereocenters. The zero-order valence-corrected chi connectivity index (χ0v) is 21.6. The molecular formula is C31H46O. The molecule has 4 aliphatic rings. The molecule has 1 heteroatoms. The van der Waals surface area contributed by atoms with E-state index in [1.54, 1.807) is 5.57 Å². The van der Waals surface area contributed by atoms with Gasteiger partial charge in [-0.25, -0.2) is 0 Å². The third-order valence-electron chi connectivity index (χ3n) is 11.3. The molecule has 1 nitrogen and oxygen atoms in total. The first-order valence-corrected chi connectivity index (χ1v) is 13.5. The molecule has 0 saturated heterocycles. The van der Waals surface area contributed by atoms with Gasteiger partial charge in [-0.05, 0) is 103 Å². The lowest BCUT2D eigenvalue weighted by Gasteiger charge is -2.62. The van der Waals surface area contributed by atoms with Crippen molar-refractivity contribution in [3.05, 3.63) is 47.0 Å². The highest BCUT2D eigenvalue weighted by molar-refractivity contribution is 5.37. The number of benzene rings is 1. The van der Waals surface area contributed by atoms with E-state index in [4.69, 9.17) is 0 Å². The van der Waals surface area contributed by atoms with Crippen molar-refractivity contribution in [2.75, 3.05) is 0 Å². The van der Waals surface area contributed by atoms with Crippen molar-refractivity contribution in [3.63, 3.8) is 0 Å². The number of aliphatic hydroxyl groups excluding tert-OH is 1. The smallest absolute Gasteiger partial charge is 0.0579 e. The molecule has 0 aromatic heterocycles. The van der Waals surface area contributed by atoms with E-state index in [9.17, 15) is 5.11 Å². The molecule has 8 atom stereocenters. The molecule has 32 heavy (non-hydrogen) atoms. The summed E-state index contributed by atoms with van der Waals surface area (Å²) >= 11 is 0. The highest BCUT2D eigenvalue weighted by atomic mass is 16.3. The Bertz CT molecular complexity index is 892. The summed E-state index contributed by atoms with van der Waals surface area (Å²) in [5.41, 5.74) is 5.51. The van der Waals surface area contributed by atoms with Gasteiger partial charge in [0.05, 0.1) is 6.10 Å². The molecule has 1 N–H and O–H groups in total. The Kier molecular flexibility index (Phi) is 5.29. The fraction of sp³-hybridized carbons (Fsp3) is 0.742. The second-order valence-corrected chi connectivity index (χ2v) is 13.5. The Morgan fingerprint density at radius 3 is 2.28 bits per heavy atom. The summed E-state index contributed by atoms with van der Waals surface area (Å²) < 4.78 is 0. The second-order valence-electron chi connectivity index (χ2n) is 13.5. The van der Waals surface area contributed by atoms with Gasteiger partial charge in [0.1, 0.15) is 0 Å². The molecule has 4 aliphatic carbocycles. The predicted molar refractivity (Wildman–Crippen MR) is 135 cm³/mol. The summed E-state index contributed by atoms with van der Waals surface area (Å²) in [6.07, 6.45) is 10.1. The average molecular weight is 435 g/mol. The van der Waals surface area contributed by atoms with Crippen LogP contribution in [-0.4, -0.2) is 11.2 Å². The van der Waals surface area contributed by atoms with Crippen LogP contribution in [0.4, 0.5) is 0 Å². The van der Waals surface area contributed by atoms with Crippen LogP contribution in [0.5, 0.6) is 0 Å². The van der Waals surface area contributed by atoms with Crippen molar-refractivity contribution in [1.82, 2.24) is 0 Å². The van der Waals surface area contributed by atoms with Crippen LogP contribution in [0.2, 0.25) is 0 Å². The number of hydrogen-bond acceptors (Lipinski definition) is 1. The van der Waals surface area contributed by atoms with E-state index in [2.05, 4.69) is 78.8 Å². The maximum absolute atomic E-state index is 11.1. The topological polar surface area (TPSA) is 20.2 Å². The summed E-state index contributed by atoms with van der Waals surface area (Å²) in [5.74, 6) is 3.90. The van der Waals surface area contributed by atoms with E-state index in [0.29, 0.717) is 34.5 Å². The summed E-state index contributed by atoms with van der Waals surface area (Å²) in [4.78, 5) is 0. The minimum Gasteiger partial charge on any atom is -0.393 e. The van der Waals surface area contributed by atoms with E-state index in [1.807, 2.05) is 0 Å². The monoisotopic (exact) mass is 434 g/mol. The van der Waals surface area contributed by atoms with E-state index in [0.717, 1.165) is 18.3 Å². The van der Waals surface area contributed by atoms with Gasteiger partial charge in [0, 0.05) is 0 Å². The van der Waals surface area contributed by atoms with E-state index in [-0.39, 0.29) is 11.5 Å². The van der Waals surface area contributed by atoms with Gasteiger partial charge in [-0.2, -0.15) is 0 Å². The zero-order valence-electron chi connectivity index (χ0n) is 21.6. The second kappa shape index (κ2) is 7.46. The van der Waals surface area contributed by atoms with Crippen molar-refractivity contribution >= 4 is 0 Å². The van der Waals surface area contributed by atoms with Crippen LogP contribution in [-0.2, 0) is 0 Å². The Hall–Kier alpha value is -1.08. The first-order valence-electron chi connectivity index (χ1n) is 13.5. The fourth-order valence-electron chi connectivity index (χ4n) is 10.0. The SMILES string of the molecule is Cc1ccc(C2CC[C@@]3(C)C(=CC[C@H]4[C@@H]5C[C@H](O)[C@H](C(C)C)[C@@]5(C)CC[C@@H]43)C2(C)C)cc1. The number of fused-ring (bicyclic) bond motifs is 5. The molecular weight excluding hydrogens is 388 g/mol. The summed E-state index contributed by atoms with van der Waals surface area (Å²) in [7, 11) is 0. The summed E-state index contributed by atoms with van der Waals surface area (Å²) in [5, 5.41) is 11.1. The number of allylic oxidation sites excluding steroid dienone is 2. The maximum atomic E-state index is 11.1. The molecule has 1 aromatic rings. The summed E-state index contributed by atoms with van der Waals surface area (Å²) in [6.45, 7) is 17.1. The Labute approximate surface area is 197 Å². The van der Waals surface area contributed by atoms with E-state index < -0.39 is 0 Å². The maximum Gasteiger partial charge on any atom is 0.0579 e. The number of aliphatic hydroxyl groups is 1. The lowest BCUT2D eigenvalue weighted by Crippen LogP contribution is -2.53. The van der Waals surface area contributed by atoms with Gasteiger partial charge < -0.3 is 5.11 Å². The van der Waals surface area contributed by atoms with Crippen molar-refractivity contribution in [3.8, 4) is 0 Å². The van der Waals surface area contributed by atoms with Crippen molar-refractivity contribution in [1.29, 1.82) is 0 Å².